The second-order valence-corrected chi connectivity index (χ2v) is 10.9. The van der Waals surface area contributed by atoms with Crippen LogP contribution in [0.4, 0.5) is 0 Å². The minimum atomic E-state index is -0.979. The van der Waals surface area contributed by atoms with Gasteiger partial charge in [-0.25, -0.2) is 0 Å². The SMILES string of the molecule is CC[Si](CCCS)(CCCS)CCCS. The summed E-state index contributed by atoms with van der Waals surface area (Å²) >= 11 is 13.0. The van der Waals surface area contributed by atoms with Gasteiger partial charge in [0, 0.05) is 0 Å². The zero-order chi connectivity index (χ0) is 11.6. The van der Waals surface area contributed by atoms with E-state index in [-0.39, 0.29) is 0 Å². The molecule has 92 valence electrons. The highest BCUT2D eigenvalue weighted by Crippen LogP contribution is 2.30. The Balaban J connectivity index is 4.16. The molecule has 0 saturated carbocycles. The van der Waals surface area contributed by atoms with E-state index in [2.05, 4.69) is 44.8 Å². The van der Waals surface area contributed by atoms with Crippen LogP contribution in [0.25, 0.3) is 0 Å². The monoisotopic (exact) mass is 282 g/mol. The summed E-state index contributed by atoms with van der Waals surface area (Å²) in [6, 6.07) is 5.83. The van der Waals surface area contributed by atoms with E-state index in [1.165, 1.54) is 43.4 Å². The Morgan fingerprint density at radius 1 is 0.733 bits per heavy atom. The second-order valence-electron chi connectivity index (χ2n) is 4.34. The molecule has 0 aliphatic heterocycles. The van der Waals surface area contributed by atoms with Gasteiger partial charge in [0.05, 0.1) is 8.07 Å². The van der Waals surface area contributed by atoms with Crippen LogP contribution in [0.5, 0.6) is 0 Å². The molecular weight excluding hydrogens is 256 g/mol. The van der Waals surface area contributed by atoms with Gasteiger partial charge in [-0.05, 0) is 36.5 Å². The van der Waals surface area contributed by atoms with Gasteiger partial charge in [-0.1, -0.05) is 31.1 Å². The highest BCUT2D eigenvalue weighted by atomic mass is 32.1. The summed E-state index contributed by atoms with van der Waals surface area (Å²) in [6.07, 6.45) is 3.92. The smallest absolute Gasteiger partial charge is 0.0534 e. The van der Waals surface area contributed by atoms with E-state index < -0.39 is 8.07 Å². The number of thiol groups is 3. The maximum atomic E-state index is 4.35. The molecule has 0 fully saturated rings. The lowest BCUT2D eigenvalue weighted by Crippen LogP contribution is -2.33. The fourth-order valence-corrected chi connectivity index (χ4v) is 8.23. The zero-order valence-electron chi connectivity index (χ0n) is 9.91. The van der Waals surface area contributed by atoms with Crippen molar-refractivity contribution < 1.29 is 0 Å². The normalized spacial score (nSPS) is 12.0. The lowest BCUT2D eigenvalue weighted by atomic mass is 10.5. The molecule has 0 radical (unpaired) electrons. The molecule has 0 bridgehead atoms. The molecule has 0 aromatic heterocycles. The van der Waals surface area contributed by atoms with Gasteiger partial charge < -0.3 is 0 Å². The van der Waals surface area contributed by atoms with E-state index in [9.17, 15) is 0 Å². The summed E-state index contributed by atoms with van der Waals surface area (Å²) in [5, 5.41) is 0. The van der Waals surface area contributed by atoms with Crippen LogP contribution in [-0.4, -0.2) is 25.3 Å². The number of hydrogen-bond acceptors (Lipinski definition) is 3. The highest BCUT2D eigenvalue weighted by Gasteiger charge is 2.28. The van der Waals surface area contributed by atoms with E-state index in [0.29, 0.717) is 0 Å². The van der Waals surface area contributed by atoms with Crippen LogP contribution in [-0.2, 0) is 0 Å². The molecule has 0 aliphatic rings. The molecule has 15 heavy (non-hydrogen) atoms. The Hall–Kier alpha value is 1.27. The Bertz CT molecular complexity index is 120. The predicted octanol–water partition coefficient (Wildman–Crippen LogP) is 4.41. The molecule has 0 rings (SSSR count). The molecule has 0 saturated heterocycles. The van der Waals surface area contributed by atoms with E-state index in [1.807, 2.05) is 0 Å². The topological polar surface area (TPSA) is 0 Å². The van der Waals surface area contributed by atoms with Gasteiger partial charge >= 0.3 is 0 Å². The molecule has 0 aliphatic carbocycles. The Morgan fingerprint density at radius 3 is 1.27 bits per heavy atom. The van der Waals surface area contributed by atoms with Crippen LogP contribution in [0.2, 0.25) is 24.2 Å². The van der Waals surface area contributed by atoms with Crippen molar-refractivity contribution in [2.75, 3.05) is 17.3 Å². The Morgan fingerprint density at radius 2 is 1.07 bits per heavy atom. The first-order valence-corrected chi connectivity index (χ1v) is 10.8. The average molecular weight is 283 g/mol. The molecule has 0 atom stereocenters. The summed E-state index contributed by atoms with van der Waals surface area (Å²) < 4.78 is 0. The van der Waals surface area contributed by atoms with Crippen LogP contribution in [0, 0.1) is 0 Å². The van der Waals surface area contributed by atoms with Crippen molar-refractivity contribution in [1.29, 1.82) is 0 Å². The Kier molecular flexibility index (Phi) is 11.3. The molecule has 0 heterocycles. The summed E-state index contributed by atoms with van der Waals surface area (Å²) in [5.41, 5.74) is 0. The largest absolute Gasteiger partial charge is 0.179 e. The van der Waals surface area contributed by atoms with Gasteiger partial charge in [0.25, 0.3) is 0 Å². The van der Waals surface area contributed by atoms with Crippen molar-refractivity contribution in [2.45, 2.75) is 50.4 Å². The van der Waals surface area contributed by atoms with Gasteiger partial charge in [0.2, 0.25) is 0 Å². The average Bonchev–Trinajstić information content (AvgIpc) is 2.29. The number of rotatable bonds is 10. The molecule has 0 amide bonds. The Labute approximate surface area is 113 Å². The third kappa shape index (κ3) is 7.24. The van der Waals surface area contributed by atoms with Crippen LogP contribution >= 0.6 is 37.9 Å². The summed E-state index contributed by atoms with van der Waals surface area (Å²) in [5.74, 6) is 3.16. The minimum Gasteiger partial charge on any atom is -0.179 e. The molecule has 0 spiro atoms. The molecule has 0 aromatic rings. The van der Waals surface area contributed by atoms with Gasteiger partial charge in [-0.2, -0.15) is 37.9 Å². The maximum absolute atomic E-state index is 4.35. The van der Waals surface area contributed by atoms with Gasteiger partial charge in [0.15, 0.2) is 0 Å². The molecule has 0 nitrogen and oxygen atoms in total. The van der Waals surface area contributed by atoms with Crippen LogP contribution < -0.4 is 0 Å². The van der Waals surface area contributed by atoms with Gasteiger partial charge in [-0.15, -0.1) is 0 Å². The van der Waals surface area contributed by atoms with Crippen molar-refractivity contribution in [3.05, 3.63) is 0 Å². The highest BCUT2D eigenvalue weighted by molar-refractivity contribution is 7.80. The maximum Gasteiger partial charge on any atom is 0.0534 e. The fraction of sp³-hybridized carbons (Fsp3) is 1.00. The van der Waals surface area contributed by atoms with Gasteiger partial charge in [0.1, 0.15) is 0 Å². The van der Waals surface area contributed by atoms with E-state index >= 15 is 0 Å². The van der Waals surface area contributed by atoms with E-state index in [0.717, 1.165) is 17.3 Å². The van der Waals surface area contributed by atoms with Crippen LogP contribution in [0.15, 0.2) is 0 Å². The zero-order valence-corrected chi connectivity index (χ0v) is 13.6. The van der Waals surface area contributed by atoms with Crippen LogP contribution in [0.3, 0.4) is 0 Å². The van der Waals surface area contributed by atoms with E-state index in [4.69, 9.17) is 0 Å². The standard InChI is InChI=1S/C11H26S3Si/c1-2-15(9-3-6-12,10-4-7-13)11-5-8-14/h12-14H,2-11H2,1H3. The van der Waals surface area contributed by atoms with Crippen molar-refractivity contribution in [3.63, 3.8) is 0 Å². The fourth-order valence-electron chi connectivity index (χ4n) is 2.27. The third-order valence-electron chi connectivity index (χ3n) is 3.35. The second kappa shape index (κ2) is 10.4. The minimum absolute atomic E-state index is 0.979. The molecule has 0 aromatic carbocycles. The van der Waals surface area contributed by atoms with Crippen molar-refractivity contribution in [3.8, 4) is 0 Å². The molecule has 0 N–H and O–H groups in total. The summed E-state index contributed by atoms with van der Waals surface area (Å²) in [4.78, 5) is 0. The van der Waals surface area contributed by atoms with E-state index in [1.54, 1.807) is 0 Å². The van der Waals surface area contributed by atoms with Gasteiger partial charge in [-0.3, -0.25) is 0 Å². The first-order valence-electron chi connectivity index (χ1n) is 6.07. The van der Waals surface area contributed by atoms with Crippen molar-refractivity contribution in [2.24, 2.45) is 0 Å². The molecule has 4 heteroatoms. The van der Waals surface area contributed by atoms with Crippen molar-refractivity contribution in [1.82, 2.24) is 0 Å². The first-order chi connectivity index (χ1) is 7.24. The lowest BCUT2D eigenvalue weighted by molar-refractivity contribution is 0.922. The summed E-state index contributed by atoms with van der Waals surface area (Å²) in [7, 11) is -0.979. The lowest BCUT2D eigenvalue weighted by Gasteiger charge is -2.30. The molecular formula is C11H26S3Si. The first kappa shape index (κ1) is 16.3. The predicted molar refractivity (Wildman–Crippen MR) is 86.1 cm³/mol. The molecule has 0 unspecified atom stereocenters. The third-order valence-corrected chi connectivity index (χ3v) is 10.0. The van der Waals surface area contributed by atoms with Crippen molar-refractivity contribution >= 4 is 46.0 Å². The summed E-state index contributed by atoms with van der Waals surface area (Å²) in [6.45, 7) is 2.39. The van der Waals surface area contributed by atoms with Crippen LogP contribution in [0.1, 0.15) is 26.2 Å². The quantitative estimate of drug-likeness (QED) is 0.383. The number of hydrogen-bond donors (Lipinski definition) is 3.